The van der Waals surface area contributed by atoms with Crippen LogP contribution in [-0.2, 0) is 21.2 Å². The van der Waals surface area contributed by atoms with Gasteiger partial charge >= 0.3 is 0 Å². The molecule has 1 amide bonds. The number of carbonyl (C=O) groups excluding carboxylic acids is 1. The summed E-state index contributed by atoms with van der Waals surface area (Å²) in [7, 11) is -3.31. The van der Waals surface area contributed by atoms with Crippen molar-refractivity contribution >= 4 is 21.6 Å². The Morgan fingerprint density at radius 1 is 1.19 bits per heavy atom. The molecule has 1 aromatic rings. The summed E-state index contributed by atoms with van der Waals surface area (Å²) in [5, 5.41) is 14.0. The molecule has 0 radical (unpaired) electrons. The Bertz CT molecular complexity index is 905. The molecule has 0 aromatic heterocycles. The van der Waals surface area contributed by atoms with Gasteiger partial charge in [0.05, 0.1) is 18.0 Å². The Morgan fingerprint density at radius 2 is 1.87 bits per heavy atom. The van der Waals surface area contributed by atoms with Gasteiger partial charge in [0.25, 0.3) is 0 Å². The van der Waals surface area contributed by atoms with E-state index < -0.39 is 16.1 Å². The lowest BCUT2D eigenvalue weighted by molar-refractivity contribution is -0.125. The van der Waals surface area contributed by atoms with Crippen molar-refractivity contribution in [1.82, 2.24) is 10.2 Å². The molecule has 1 saturated heterocycles. The quantitative estimate of drug-likeness (QED) is 0.695. The van der Waals surface area contributed by atoms with E-state index in [1.807, 2.05) is 25.1 Å². The Hall–Kier alpha value is -1.64. The van der Waals surface area contributed by atoms with Gasteiger partial charge < -0.3 is 15.3 Å². The Balaban J connectivity index is 1.30. The van der Waals surface area contributed by atoms with Crippen LogP contribution < -0.4 is 9.62 Å². The number of hydrogen-bond acceptors (Lipinski definition) is 5. The number of carbonyl (C=O) groups is 1. The first-order chi connectivity index (χ1) is 14.7. The maximum Gasteiger partial charge on any atom is 0.232 e. The smallest absolute Gasteiger partial charge is 0.232 e. The molecule has 2 atom stereocenters. The first-order valence-corrected chi connectivity index (χ1v) is 13.4. The summed E-state index contributed by atoms with van der Waals surface area (Å²) < 4.78 is 25.7. The summed E-state index contributed by atoms with van der Waals surface area (Å²) in [6.45, 7) is 4.17. The highest BCUT2D eigenvalue weighted by Crippen LogP contribution is 2.36. The van der Waals surface area contributed by atoms with Crippen molar-refractivity contribution in [3.05, 3.63) is 29.3 Å². The minimum atomic E-state index is -3.31. The number of anilines is 1. The van der Waals surface area contributed by atoms with Crippen molar-refractivity contribution in [2.24, 2.45) is 5.92 Å². The van der Waals surface area contributed by atoms with E-state index in [1.54, 1.807) is 0 Å². The van der Waals surface area contributed by atoms with E-state index in [-0.39, 0.29) is 23.9 Å². The number of benzene rings is 1. The van der Waals surface area contributed by atoms with Crippen LogP contribution in [0, 0.1) is 5.92 Å². The second-order valence-electron chi connectivity index (χ2n) is 9.58. The number of aliphatic hydroxyl groups is 1. The van der Waals surface area contributed by atoms with E-state index in [1.165, 1.54) is 23.4 Å². The van der Waals surface area contributed by atoms with E-state index in [9.17, 15) is 18.3 Å². The van der Waals surface area contributed by atoms with E-state index in [2.05, 4.69) is 10.2 Å². The van der Waals surface area contributed by atoms with Gasteiger partial charge in [0.15, 0.2) is 0 Å². The fraction of sp³-hybridized carbons (Fsp3) is 0.696. The van der Waals surface area contributed by atoms with Gasteiger partial charge in [-0.15, -0.1) is 0 Å². The van der Waals surface area contributed by atoms with Gasteiger partial charge in [-0.2, -0.15) is 0 Å². The van der Waals surface area contributed by atoms with Crippen LogP contribution in [-0.4, -0.2) is 62.3 Å². The third kappa shape index (κ3) is 5.07. The fourth-order valence-electron chi connectivity index (χ4n) is 5.45. The normalized spacial score (nSPS) is 24.4. The molecule has 3 aliphatic rings. The minimum absolute atomic E-state index is 0.101. The Morgan fingerprint density at radius 3 is 2.52 bits per heavy atom. The number of rotatable bonds is 6. The largest absolute Gasteiger partial charge is 0.387 e. The molecular weight excluding hydrogens is 414 g/mol. The molecule has 8 heteroatoms. The summed E-state index contributed by atoms with van der Waals surface area (Å²) in [4.78, 5) is 14.6. The molecule has 1 saturated carbocycles. The third-order valence-electron chi connectivity index (χ3n) is 7.09. The lowest BCUT2D eigenvalue weighted by atomic mass is 10.00. The van der Waals surface area contributed by atoms with Crippen molar-refractivity contribution in [1.29, 1.82) is 0 Å². The van der Waals surface area contributed by atoms with Crippen LogP contribution in [0.2, 0.25) is 0 Å². The first-order valence-electron chi connectivity index (χ1n) is 11.6. The van der Waals surface area contributed by atoms with Crippen LogP contribution in [0.3, 0.4) is 0 Å². The maximum absolute atomic E-state index is 12.4. The zero-order valence-corrected chi connectivity index (χ0v) is 19.4. The molecule has 2 heterocycles. The lowest BCUT2D eigenvalue weighted by Crippen LogP contribution is -2.46. The van der Waals surface area contributed by atoms with E-state index in [0.717, 1.165) is 55.6 Å². The van der Waals surface area contributed by atoms with Crippen molar-refractivity contribution in [3.63, 3.8) is 0 Å². The van der Waals surface area contributed by atoms with Gasteiger partial charge in [-0.05, 0) is 56.2 Å². The summed E-state index contributed by atoms with van der Waals surface area (Å²) in [6.07, 6.45) is 7.50. The molecule has 0 unspecified atom stereocenters. The highest BCUT2D eigenvalue weighted by atomic mass is 32.2. The van der Waals surface area contributed by atoms with Crippen LogP contribution in [0.15, 0.2) is 18.2 Å². The van der Waals surface area contributed by atoms with Gasteiger partial charge in [-0.3, -0.25) is 9.10 Å². The summed E-state index contributed by atoms with van der Waals surface area (Å²) in [6, 6.07) is 5.76. The van der Waals surface area contributed by atoms with E-state index >= 15 is 0 Å². The molecule has 172 valence electrons. The molecule has 2 fully saturated rings. The van der Waals surface area contributed by atoms with E-state index in [4.69, 9.17) is 0 Å². The molecule has 1 aromatic carbocycles. The summed E-state index contributed by atoms with van der Waals surface area (Å²) >= 11 is 0. The number of likely N-dealkylation sites (tertiary alicyclic amines) is 1. The van der Waals surface area contributed by atoms with Gasteiger partial charge in [-0.25, -0.2) is 8.42 Å². The number of nitrogens with zero attached hydrogens (tertiary/aromatic N) is 2. The monoisotopic (exact) mass is 449 g/mol. The zero-order chi connectivity index (χ0) is 22.2. The van der Waals surface area contributed by atoms with Gasteiger partial charge in [0.2, 0.25) is 15.9 Å². The predicted molar refractivity (Wildman–Crippen MR) is 121 cm³/mol. The number of amides is 1. The number of hydrogen-bond donors (Lipinski definition) is 2. The van der Waals surface area contributed by atoms with Crippen LogP contribution in [0.5, 0.6) is 0 Å². The fourth-order valence-corrected chi connectivity index (χ4v) is 6.72. The summed E-state index contributed by atoms with van der Waals surface area (Å²) in [5.41, 5.74) is 2.53. The van der Waals surface area contributed by atoms with Crippen LogP contribution in [0.1, 0.15) is 62.7 Å². The molecule has 7 nitrogen and oxygen atoms in total. The number of β-amino-alcohol motifs (C(OH)–C–C–N with tert-alkyl or cyclic N) is 1. The van der Waals surface area contributed by atoms with Crippen molar-refractivity contribution < 1.29 is 18.3 Å². The molecule has 2 N–H and O–H groups in total. The second kappa shape index (κ2) is 9.08. The molecule has 31 heavy (non-hydrogen) atoms. The van der Waals surface area contributed by atoms with Crippen LogP contribution in [0.25, 0.3) is 0 Å². The van der Waals surface area contributed by atoms with Gasteiger partial charge in [-0.1, -0.05) is 25.0 Å². The van der Waals surface area contributed by atoms with E-state index in [0.29, 0.717) is 13.0 Å². The highest BCUT2D eigenvalue weighted by Gasteiger charge is 2.33. The topological polar surface area (TPSA) is 89.9 Å². The Labute approximate surface area is 185 Å². The predicted octanol–water partition coefficient (Wildman–Crippen LogP) is 2.20. The highest BCUT2D eigenvalue weighted by molar-refractivity contribution is 7.92. The standard InChI is InChI=1S/C23H35N3O4S/c1-16-13-19-14-18(7-8-21(19)26(16)31(2,29)30)22(27)15-25-11-9-20(10-12-25)24-23(28)17-5-3-4-6-17/h7-8,14,16-17,20,22,27H,3-6,9-13,15H2,1-2H3,(H,24,28)/t16-,22-/m1/s1. The lowest BCUT2D eigenvalue weighted by Gasteiger charge is -2.34. The number of fused-ring (bicyclic) bond motifs is 1. The SMILES string of the molecule is C[C@@H]1Cc2cc([C@H](O)CN3CCC(NC(=O)C4CCCC4)CC3)ccc2N1S(C)(=O)=O. The molecule has 2 aliphatic heterocycles. The van der Waals surface area contributed by atoms with Crippen molar-refractivity contribution in [2.75, 3.05) is 30.2 Å². The zero-order valence-electron chi connectivity index (χ0n) is 18.6. The number of nitrogens with one attached hydrogen (secondary N) is 1. The first kappa shape index (κ1) is 22.6. The minimum Gasteiger partial charge on any atom is -0.387 e. The number of sulfonamides is 1. The molecule has 1 aliphatic carbocycles. The Kier molecular flexibility index (Phi) is 6.60. The number of piperidine rings is 1. The van der Waals surface area contributed by atoms with Gasteiger partial charge in [0.1, 0.15) is 0 Å². The summed E-state index contributed by atoms with van der Waals surface area (Å²) in [5.74, 6) is 0.437. The molecule has 0 bridgehead atoms. The van der Waals surface area contributed by atoms with Gasteiger partial charge in [0, 0.05) is 37.6 Å². The third-order valence-corrected chi connectivity index (χ3v) is 8.36. The molecular formula is C23H35N3O4S. The van der Waals surface area contributed by atoms with Crippen molar-refractivity contribution in [3.8, 4) is 0 Å². The maximum atomic E-state index is 12.4. The average molecular weight is 450 g/mol. The van der Waals surface area contributed by atoms with Crippen molar-refractivity contribution in [2.45, 2.75) is 70.1 Å². The second-order valence-corrected chi connectivity index (χ2v) is 11.4. The molecule has 4 rings (SSSR count). The molecule has 0 spiro atoms. The average Bonchev–Trinajstić information content (AvgIpc) is 3.35. The number of aliphatic hydroxyl groups excluding tert-OH is 1. The van der Waals surface area contributed by atoms with Crippen LogP contribution >= 0.6 is 0 Å². The van der Waals surface area contributed by atoms with Crippen LogP contribution in [0.4, 0.5) is 5.69 Å².